The molecule has 0 spiro atoms. The van der Waals surface area contributed by atoms with Crippen molar-refractivity contribution in [1.29, 1.82) is 0 Å². The maximum Gasteiger partial charge on any atom is 0.145 e. The quantitative estimate of drug-likeness (QED) is 0.521. The van der Waals surface area contributed by atoms with E-state index in [1.807, 2.05) is 6.07 Å². The first-order chi connectivity index (χ1) is 9.00. The Morgan fingerprint density at radius 1 is 1.11 bits per heavy atom. The van der Waals surface area contributed by atoms with E-state index >= 15 is 0 Å². The molecular formula is C14H27N5. The maximum atomic E-state index is 5.48. The van der Waals surface area contributed by atoms with Crippen LogP contribution in [0.4, 0.5) is 11.6 Å². The van der Waals surface area contributed by atoms with Crippen LogP contribution < -0.4 is 16.6 Å². The first kappa shape index (κ1) is 15.7. The first-order valence-electron chi connectivity index (χ1n) is 7.14. The van der Waals surface area contributed by atoms with Crippen LogP contribution in [0.15, 0.2) is 6.07 Å². The van der Waals surface area contributed by atoms with Crippen molar-refractivity contribution >= 4 is 11.6 Å². The second-order valence-electron chi connectivity index (χ2n) is 5.26. The number of nitrogens with one attached hydrogen (secondary N) is 2. The molecule has 0 aromatic carbocycles. The van der Waals surface area contributed by atoms with E-state index in [1.165, 1.54) is 0 Å². The van der Waals surface area contributed by atoms with Gasteiger partial charge in [0.1, 0.15) is 17.5 Å². The zero-order chi connectivity index (χ0) is 14.5. The van der Waals surface area contributed by atoms with Crippen LogP contribution in [0.1, 0.15) is 65.6 Å². The molecule has 0 aliphatic rings. The van der Waals surface area contributed by atoms with Gasteiger partial charge in [-0.15, -0.1) is 0 Å². The molecule has 0 fully saturated rings. The number of hydrogen-bond acceptors (Lipinski definition) is 5. The average Bonchev–Trinajstić information content (AvgIpc) is 2.44. The fourth-order valence-corrected chi connectivity index (χ4v) is 2.15. The molecule has 0 aliphatic carbocycles. The number of anilines is 2. The summed E-state index contributed by atoms with van der Waals surface area (Å²) in [6.45, 7) is 10.8. The molecular weight excluding hydrogens is 238 g/mol. The van der Waals surface area contributed by atoms with Crippen molar-refractivity contribution in [3.8, 4) is 0 Å². The smallest absolute Gasteiger partial charge is 0.145 e. The molecule has 0 atom stereocenters. The minimum atomic E-state index is 0.0917. The van der Waals surface area contributed by atoms with Gasteiger partial charge in [-0.25, -0.2) is 15.8 Å². The summed E-state index contributed by atoms with van der Waals surface area (Å²) in [5, 5.41) is 3.56. The molecule has 1 heterocycles. The molecule has 5 heteroatoms. The summed E-state index contributed by atoms with van der Waals surface area (Å²) in [4.78, 5) is 8.96. The van der Waals surface area contributed by atoms with Gasteiger partial charge < -0.3 is 10.7 Å². The van der Waals surface area contributed by atoms with E-state index in [4.69, 9.17) is 5.84 Å². The van der Waals surface area contributed by atoms with Crippen molar-refractivity contribution in [1.82, 2.24) is 9.97 Å². The zero-order valence-electron chi connectivity index (χ0n) is 12.7. The molecule has 108 valence electrons. The van der Waals surface area contributed by atoms with E-state index in [0.717, 1.165) is 30.9 Å². The predicted octanol–water partition coefficient (Wildman–Crippen LogP) is 3.27. The Morgan fingerprint density at radius 3 is 2.05 bits per heavy atom. The van der Waals surface area contributed by atoms with Crippen LogP contribution in [0.3, 0.4) is 0 Å². The number of nitrogens with two attached hydrogens (primary N) is 1. The van der Waals surface area contributed by atoms with Crippen LogP contribution in [0.2, 0.25) is 0 Å². The largest absolute Gasteiger partial charge is 0.364 e. The van der Waals surface area contributed by atoms with Gasteiger partial charge in [-0.1, -0.05) is 34.6 Å². The summed E-state index contributed by atoms with van der Waals surface area (Å²) in [5.41, 5.74) is 2.70. The van der Waals surface area contributed by atoms with Crippen LogP contribution in [0.25, 0.3) is 0 Å². The molecule has 1 aromatic rings. The number of nitrogen functional groups attached to an aromatic ring is 1. The minimum absolute atomic E-state index is 0.0917. The van der Waals surface area contributed by atoms with E-state index < -0.39 is 0 Å². The Morgan fingerprint density at radius 2 is 1.63 bits per heavy atom. The highest BCUT2D eigenvalue weighted by atomic mass is 15.3. The van der Waals surface area contributed by atoms with Gasteiger partial charge in [-0.3, -0.25) is 0 Å². The molecule has 0 radical (unpaired) electrons. The summed E-state index contributed by atoms with van der Waals surface area (Å²) in [5.74, 6) is 8.05. The summed E-state index contributed by atoms with van der Waals surface area (Å²) in [7, 11) is 0. The Kier molecular flexibility index (Phi) is 5.54. The highest BCUT2D eigenvalue weighted by molar-refractivity contribution is 5.48. The van der Waals surface area contributed by atoms with Crippen molar-refractivity contribution in [3.05, 3.63) is 11.9 Å². The summed E-state index contributed by atoms with van der Waals surface area (Å²) < 4.78 is 0. The van der Waals surface area contributed by atoms with Crippen LogP contribution in [-0.4, -0.2) is 15.5 Å². The van der Waals surface area contributed by atoms with Crippen molar-refractivity contribution in [2.45, 2.75) is 65.3 Å². The number of hydrazine groups is 1. The number of nitrogens with zero attached hydrogens (tertiary/aromatic N) is 2. The normalized spacial score (nSPS) is 11.7. The lowest BCUT2D eigenvalue weighted by molar-refractivity contribution is 0.418. The second-order valence-corrected chi connectivity index (χ2v) is 5.26. The van der Waals surface area contributed by atoms with Crippen molar-refractivity contribution in [2.24, 2.45) is 5.84 Å². The fourth-order valence-electron chi connectivity index (χ4n) is 2.15. The molecule has 0 bridgehead atoms. The standard InChI is InChI=1S/C14H27N5/c1-6-14(7-2,8-3)18-11-9-12(19-15)17-13(16-11)10(4)5/h9-10H,6-8,15H2,1-5H3,(H2,16,17,18,19). The Balaban J connectivity index is 3.08. The third-order valence-corrected chi connectivity index (χ3v) is 3.83. The van der Waals surface area contributed by atoms with Gasteiger partial charge in [-0.05, 0) is 19.3 Å². The van der Waals surface area contributed by atoms with E-state index in [2.05, 4.69) is 55.3 Å². The highest BCUT2D eigenvalue weighted by Crippen LogP contribution is 2.26. The predicted molar refractivity (Wildman–Crippen MR) is 81.2 cm³/mol. The van der Waals surface area contributed by atoms with Gasteiger partial charge in [0.2, 0.25) is 0 Å². The van der Waals surface area contributed by atoms with Gasteiger partial charge in [0, 0.05) is 17.5 Å². The lowest BCUT2D eigenvalue weighted by Crippen LogP contribution is -2.36. The van der Waals surface area contributed by atoms with Gasteiger partial charge in [0.05, 0.1) is 0 Å². The first-order valence-corrected chi connectivity index (χ1v) is 7.14. The van der Waals surface area contributed by atoms with E-state index in [0.29, 0.717) is 5.82 Å². The maximum absolute atomic E-state index is 5.48. The van der Waals surface area contributed by atoms with Crippen LogP contribution in [0.5, 0.6) is 0 Å². The Hall–Kier alpha value is -1.36. The third-order valence-electron chi connectivity index (χ3n) is 3.83. The molecule has 0 saturated carbocycles. The highest BCUT2D eigenvalue weighted by Gasteiger charge is 2.24. The van der Waals surface area contributed by atoms with Gasteiger partial charge in [-0.2, -0.15) is 0 Å². The van der Waals surface area contributed by atoms with Gasteiger partial charge in [0.25, 0.3) is 0 Å². The zero-order valence-corrected chi connectivity index (χ0v) is 12.7. The molecule has 0 unspecified atom stereocenters. The molecule has 19 heavy (non-hydrogen) atoms. The van der Waals surface area contributed by atoms with Crippen LogP contribution >= 0.6 is 0 Å². The van der Waals surface area contributed by atoms with Crippen LogP contribution in [-0.2, 0) is 0 Å². The minimum Gasteiger partial charge on any atom is -0.364 e. The SMILES string of the molecule is CCC(CC)(CC)Nc1cc(NN)nc(C(C)C)n1. The van der Waals surface area contributed by atoms with Crippen molar-refractivity contribution in [2.75, 3.05) is 10.7 Å². The van der Waals surface area contributed by atoms with Gasteiger partial charge >= 0.3 is 0 Å². The van der Waals surface area contributed by atoms with Gasteiger partial charge in [0.15, 0.2) is 0 Å². The van der Waals surface area contributed by atoms with E-state index in [1.54, 1.807) is 0 Å². The average molecular weight is 265 g/mol. The van der Waals surface area contributed by atoms with Crippen molar-refractivity contribution < 1.29 is 0 Å². The molecule has 1 rings (SSSR count). The van der Waals surface area contributed by atoms with E-state index in [9.17, 15) is 0 Å². The second kappa shape index (κ2) is 6.70. The Labute approximate surface area is 116 Å². The molecule has 1 aromatic heterocycles. The number of aromatic nitrogens is 2. The molecule has 5 nitrogen and oxygen atoms in total. The lowest BCUT2D eigenvalue weighted by Gasteiger charge is -2.32. The lowest BCUT2D eigenvalue weighted by atomic mass is 9.90. The molecule has 0 amide bonds. The summed E-state index contributed by atoms with van der Waals surface area (Å²) in [6, 6.07) is 1.86. The molecule has 0 aliphatic heterocycles. The third kappa shape index (κ3) is 3.80. The monoisotopic (exact) mass is 265 g/mol. The summed E-state index contributed by atoms with van der Waals surface area (Å²) in [6.07, 6.45) is 3.19. The van der Waals surface area contributed by atoms with Crippen molar-refractivity contribution in [3.63, 3.8) is 0 Å². The molecule has 0 saturated heterocycles. The summed E-state index contributed by atoms with van der Waals surface area (Å²) >= 11 is 0. The molecule has 4 N–H and O–H groups in total. The number of hydrogen-bond donors (Lipinski definition) is 3. The van der Waals surface area contributed by atoms with E-state index in [-0.39, 0.29) is 11.5 Å². The fraction of sp³-hybridized carbons (Fsp3) is 0.714. The Bertz CT molecular complexity index is 391. The van der Waals surface area contributed by atoms with Crippen LogP contribution in [0, 0.1) is 0 Å². The number of rotatable bonds is 7. The topological polar surface area (TPSA) is 75.9 Å².